The molecule has 27 heavy (non-hydrogen) atoms. The van der Waals surface area contributed by atoms with Crippen LogP contribution in [0.2, 0.25) is 5.02 Å². The molecule has 0 bridgehead atoms. The number of nitrogens with one attached hydrogen (secondary N) is 1. The van der Waals surface area contributed by atoms with E-state index in [1.807, 2.05) is 19.1 Å². The third kappa shape index (κ3) is 5.15. The minimum Gasteiger partial charge on any atom is -0.376 e. The Morgan fingerprint density at radius 3 is 3.00 bits per heavy atom. The van der Waals surface area contributed by atoms with Crippen molar-refractivity contribution in [2.75, 3.05) is 31.6 Å². The lowest BCUT2D eigenvalue weighted by Gasteiger charge is -2.37. The maximum Gasteiger partial charge on any atom is 0.194 e. The van der Waals surface area contributed by atoms with E-state index in [4.69, 9.17) is 22.1 Å². The summed E-state index contributed by atoms with van der Waals surface area (Å²) < 4.78 is 20.2. The van der Waals surface area contributed by atoms with E-state index in [0.29, 0.717) is 36.1 Å². The zero-order chi connectivity index (χ0) is 19.2. The lowest BCUT2D eigenvalue weighted by molar-refractivity contribution is -0.0336. The molecule has 2 atom stereocenters. The number of rotatable bonds is 5. The Hall–Kier alpha value is -2.22. The SMILES string of the molecule is CC1CN(C(CN=C(N)Nc2ccccn2)c2c(F)cccc2Cl)CCO1. The molecule has 1 aromatic heterocycles. The fourth-order valence-electron chi connectivity index (χ4n) is 3.14. The fraction of sp³-hybridized carbons (Fsp3) is 0.368. The van der Waals surface area contributed by atoms with E-state index >= 15 is 0 Å². The molecule has 0 radical (unpaired) electrons. The van der Waals surface area contributed by atoms with Crippen LogP contribution in [0, 0.1) is 5.82 Å². The summed E-state index contributed by atoms with van der Waals surface area (Å²) in [6, 6.07) is 9.81. The molecule has 0 spiro atoms. The highest BCUT2D eigenvalue weighted by Crippen LogP contribution is 2.31. The molecule has 1 saturated heterocycles. The Balaban J connectivity index is 1.82. The van der Waals surface area contributed by atoms with Crippen molar-refractivity contribution in [3.05, 3.63) is 59.0 Å². The highest BCUT2D eigenvalue weighted by atomic mass is 35.5. The van der Waals surface area contributed by atoms with E-state index in [-0.39, 0.29) is 30.5 Å². The molecule has 0 saturated carbocycles. The lowest BCUT2D eigenvalue weighted by Crippen LogP contribution is -2.44. The Labute approximate surface area is 163 Å². The summed E-state index contributed by atoms with van der Waals surface area (Å²) in [6.45, 7) is 4.17. The first-order valence-electron chi connectivity index (χ1n) is 8.82. The molecule has 0 amide bonds. The van der Waals surface area contributed by atoms with Gasteiger partial charge in [0.1, 0.15) is 11.6 Å². The van der Waals surface area contributed by atoms with Crippen molar-refractivity contribution in [2.24, 2.45) is 10.7 Å². The standard InChI is InChI=1S/C19H23ClFN5O/c1-13-12-26(9-10-27-13)16(18-14(20)5-4-6-15(18)21)11-24-19(22)25-17-7-2-3-8-23-17/h2-8,13,16H,9-12H2,1H3,(H3,22,23,24,25). The van der Waals surface area contributed by atoms with Gasteiger partial charge in [0.15, 0.2) is 5.96 Å². The van der Waals surface area contributed by atoms with Crippen LogP contribution in [-0.4, -0.2) is 48.2 Å². The molecule has 6 nitrogen and oxygen atoms in total. The van der Waals surface area contributed by atoms with Gasteiger partial charge in [-0.3, -0.25) is 9.89 Å². The maximum atomic E-state index is 14.6. The molecule has 1 aromatic carbocycles. The van der Waals surface area contributed by atoms with Crippen LogP contribution in [0.1, 0.15) is 18.5 Å². The Morgan fingerprint density at radius 1 is 1.44 bits per heavy atom. The average Bonchev–Trinajstić information content (AvgIpc) is 2.65. The summed E-state index contributed by atoms with van der Waals surface area (Å²) in [5, 5.41) is 3.32. The van der Waals surface area contributed by atoms with Crippen LogP contribution in [0.3, 0.4) is 0 Å². The number of aromatic nitrogens is 1. The topological polar surface area (TPSA) is 75.8 Å². The second kappa shape index (κ2) is 9.12. The number of hydrogen-bond acceptors (Lipinski definition) is 4. The zero-order valence-corrected chi connectivity index (χ0v) is 15.9. The van der Waals surface area contributed by atoms with E-state index in [0.717, 1.165) is 0 Å². The first-order valence-corrected chi connectivity index (χ1v) is 9.20. The third-order valence-electron chi connectivity index (χ3n) is 4.40. The van der Waals surface area contributed by atoms with Crippen molar-refractivity contribution in [1.29, 1.82) is 0 Å². The van der Waals surface area contributed by atoms with Crippen LogP contribution in [-0.2, 0) is 4.74 Å². The number of nitrogens with zero attached hydrogens (tertiary/aromatic N) is 3. The van der Waals surface area contributed by atoms with Gasteiger partial charge < -0.3 is 15.8 Å². The molecule has 2 aromatic rings. The van der Waals surface area contributed by atoms with Gasteiger partial charge in [0, 0.05) is 29.9 Å². The molecule has 2 unspecified atom stereocenters. The van der Waals surface area contributed by atoms with Crippen molar-refractivity contribution >= 4 is 23.4 Å². The molecule has 144 valence electrons. The van der Waals surface area contributed by atoms with E-state index < -0.39 is 0 Å². The second-order valence-electron chi connectivity index (χ2n) is 6.39. The number of hydrogen-bond donors (Lipinski definition) is 2. The summed E-state index contributed by atoms with van der Waals surface area (Å²) in [7, 11) is 0. The number of morpholine rings is 1. The molecule has 0 aliphatic carbocycles. The molecule has 1 aliphatic rings. The van der Waals surface area contributed by atoms with Crippen LogP contribution in [0.25, 0.3) is 0 Å². The van der Waals surface area contributed by atoms with Crippen molar-refractivity contribution in [2.45, 2.75) is 19.1 Å². The molecule has 3 N–H and O–H groups in total. The molecule has 3 rings (SSSR count). The molecular weight excluding hydrogens is 369 g/mol. The number of ether oxygens (including phenoxy) is 1. The molecule has 8 heteroatoms. The summed E-state index contributed by atoms with van der Waals surface area (Å²) >= 11 is 6.32. The summed E-state index contributed by atoms with van der Waals surface area (Å²) in [5.74, 6) is 0.463. The zero-order valence-electron chi connectivity index (χ0n) is 15.1. The van der Waals surface area contributed by atoms with Gasteiger partial charge in [0.05, 0.1) is 25.3 Å². The van der Waals surface area contributed by atoms with Gasteiger partial charge in [-0.15, -0.1) is 0 Å². The number of guanidine groups is 1. The summed E-state index contributed by atoms with van der Waals surface area (Å²) in [4.78, 5) is 10.7. The number of halogens is 2. The number of benzene rings is 1. The normalized spacial score (nSPS) is 19.7. The van der Waals surface area contributed by atoms with Gasteiger partial charge >= 0.3 is 0 Å². The van der Waals surface area contributed by atoms with Crippen molar-refractivity contribution < 1.29 is 9.13 Å². The Bertz CT molecular complexity index is 769. The van der Waals surface area contributed by atoms with Crippen LogP contribution >= 0.6 is 11.6 Å². The molecule has 1 aliphatic heterocycles. The second-order valence-corrected chi connectivity index (χ2v) is 6.80. The van der Waals surface area contributed by atoms with Gasteiger partial charge in [-0.25, -0.2) is 9.37 Å². The van der Waals surface area contributed by atoms with Crippen molar-refractivity contribution in [3.8, 4) is 0 Å². The smallest absolute Gasteiger partial charge is 0.194 e. The average molecular weight is 392 g/mol. The van der Waals surface area contributed by atoms with E-state index in [2.05, 4.69) is 20.2 Å². The highest BCUT2D eigenvalue weighted by molar-refractivity contribution is 6.31. The Kier molecular flexibility index (Phi) is 6.60. The molecule has 2 heterocycles. The lowest BCUT2D eigenvalue weighted by atomic mass is 10.0. The minimum absolute atomic E-state index is 0.0553. The maximum absolute atomic E-state index is 14.6. The highest BCUT2D eigenvalue weighted by Gasteiger charge is 2.29. The van der Waals surface area contributed by atoms with Crippen LogP contribution in [0.5, 0.6) is 0 Å². The van der Waals surface area contributed by atoms with Gasteiger partial charge in [0.2, 0.25) is 0 Å². The van der Waals surface area contributed by atoms with Gasteiger partial charge in [-0.2, -0.15) is 0 Å². The van der Waals surface area contributed by atoms with Crippen molar-refractivity contribution in [3.63, 3.8) is 0 Å². The summed E-state index contributed by atoms with van der Waals surface area (Å²) in [6.07, 6.45) is 1.71. The third-order valence-corrected chi connectivity index (χ3v) is 4.73. The van der Waals surface area contributed by atoms with Crippen LogP contribution < -0.4 is 11.1 Å². The number of nitrogens with two attached hydrogens (primary N) is 1. The first kappa shape index (κ1) is 19.5. The largest absolute Gasteiger partial charge is 0.376 e. The van der Waals surface area contributed by atoms with Gasteiger partial charge in [-0.1, -0.05) is 23.7 Å². The van der Waals surface area contributed by atoms with Crippen LogP contribution in [0.4, 0.5) is 10.2 Å². The number of aliphatic imine (C=N–C) groups is 1. The first-order chi connectivity index (χ1) is 13.0. The van der Waals surface area contributed by atoms with E-state index in [9.17, 15) is 4.39 Å². The quantitative estimate of drug-likeness (QED) is 0.605. The number of pyridine rings is 1. The predicted octanol–water partition coefficient (Wildman–Crippen LogP) is 3.06. The Morgan fingerprint density at radius 2 is 2.30 bits per heavy atom. The van der Waals surface area contributed by atoms with Crippen molar-refractivity contribution in [1.82, 2.24) is 9.88 Å². The molecular formula is C19H23ClFN5O. The summed E-state index contributed by atoms with van der Waals surface area (Å²) in [5.41, 5.74) is 6.43. The number of anilines is 1. The van der Waals surface area contributed by atoms with Gasteiger partial charge in [0.25, 0.3) is 0 Å². The minimum atomic E-state index is -0.349. The monoisotopic (exact) mass is 391 g/mol. The fourth-order valence-corrected chi connectivity index (χ4v) is 3.43. The van der Waals surface area contributed by atoms with Gasteiger partial charge in [-0.05, 0) is 31.2 Å². The van der Waals surface area contributed by atoms with E-state index in [1.54, 1.807) is 24.4 Å². The molecule has 1 fully saturated rings. The van der Waals surface area contributed by atoms with Crippen LogP contribution in [0.15, 0.2) is 47.6 Å². The van der Waals surface area contributed by atoms with E-state index in [1.165, 1.54) is 6.07 Å². The predicted molar refractivity (Wildman–Crippen MR) is 105 cm³/mol.